The molecule has 11 aromatic rings. The molecule has 0 radical (unpaired) electrons. The zero-order valence-electron chi connectivity index (χ0n) is 30.1. The molecule has 0 bridgehead atoms. The molecule has 4 nitrogen and oxygen atoms in total. The number of furan rings is 1. The summed E-state index contributed by atoms with van der Waals surface area (Å²) in [5, 5.41) is 4.62. The lowest BCUT2D eigenvalue weighted by Gasteiger charge is -2.10. The van der Waals surface area contributed by atoms with Gasteiger partial charge in [0.15, 0.2) is 17.5 Å². The second-order valence-corrected chi connectivity index (χ2v) is 15.0. The Labute approximate surface area is 327 Å². The van der Waals surface area contributed by atoms with Gasteiger partial charge in [-0.3, -0.25) is 0 Å². The van der Waals surface area contributed by atoms with Gasteiger partial charge in [0.2, 0.25) is 0 Å². The fourth-order valence-electron chi connectivity index (χ4n) is 7.79. The van der Waals surface area contributed by atoms with E-state index in [0.29, 0.717) is 17.5 Å². The van der Waals surface area contributed by atoms with Gasteiger partial charge in [0.05, 0.1) is 0 Å². The molecule has 11 rings (SSSR count). The first kappa shape index (κ1) is 32.2. The number of fused-ring (bicyclic) bond motifs is 6. The highest BCUT2D eigenvalue weighted by Gasteiger charge is 2.19. The highest BCUT2D eigenvalue weighted by atomic mass is 32.1. The van der Waals surface area contributed by atoms with Crippen LogP contribution in [0.3, 0.4) is 0 Å². The third-order valence-electron chi connectivity index (χ3n) is 10.6. The molecular formula is C51H31N3OS. The Balaban J connectivity index is 1.01. The molecule has 0 atom stereocenters. The molecule has 0 aliphatic rings. The van der Waals surface area contributed by atoms with Crippen LogP contribution in [0.25, 0.3) is 110 Å². The Morgan fingerprint density at radius 1 is 0.339 bits per heavy atom. The summed E-state index contributed by atoms with van der Waals surface area (Å²) in [6, 6.07) is 65.7. The van der Waals surface area contributed by atoms with Gasteiger partial charge in [-0.2, -0.15) is 0 Å². The maximum absolute atomic E-state index is 6.46. The highest BCUT2D eigenvalue weighted by molar-refractivity contribution is 7.26. The summed E-state index contributed by atoms with van der Waals surface area (Å²) in [6.45, 7) is 0. The molecule has 0 amide bonds. The summed E-state index contributed by atoms with van der Waals surface area (Å²) in [5.41, 5.74) is 11.4. The lowest BCUT2D eigenvalue weighted by Crippen LogP contribution is -2.00. The van der Waals surface area contributed by atoms with E-state index in [1.807, 2.05) is 59.9 Å². The average Bonchev–Trinajstić information content (AvgIpc) is 3.85. The van der Waals surface area contributed by atoms with Gasteiger partial charge in [-0.25, -0.2) is 15.0 Å². The van der Waals surface area contributed by atoms with Crippen molar-refractivity contribution in [2.24, 2.45) is 0 Å². The molecule has 0 N–H and O–H groups in total. The Kier molecular flexibility index (Phi) is 7.64. The molecule has 3 aromatic heterocycles. The third kappa shape index (κ3) is 5.56. The summed E-state index contributed by atoms with van der Waals surface area (Å²) in [5.74, 6) is 1.83. The Morgan fingerprint density at radius 2 is 0.875 bits per heavy atom. The van der Waals surface area contributed by atoms with Crippen LogP contribution in [-0.4, -0.2) is 15.0 Å². The van der Waals surface area contributed by atoms with E-state index in [2.05, 4.69) is 140 Å². The van der Waals surface area contributed by atoms with Crippen molar-refractivity contribution in [2.75, 3.05) is 0 Å². The van der Waals surface area contributed by atoms with Crippen LogP contribution in [0.2, 0.25) is 0 Å². The average molecular weight is 734 g/mol. The van der Waals surface area contributed by atoms with Crippen LogP contribution in [0.15, 0.2) is 192 Å². The highest BCUT2D eigenvalue weighted by Crippen LogP contribution is 2.41. The van der Waals surface area contributed by atoms with Gasteiger partial charge in [-0.1, -0.05) is 164 Å². The number of benzene rings is 8. The third-order valence-corrected chi connectivity index (χ3v) is 11.8. The molecule has 0 fully saturated rings. The molecule has 0 saturated carbocycles. The molecule has 3 heterocycles. The minimum Gasteiger partial charge on any atom is -0.456 e. The van der Waals surface area contributed by atoms with Crippen molar-refractivity contribution in [3.63, 3.8) is 0 Å². The fraction of sp³-hybridized carbons (Fsp3) is 0. The fourth-order valence-corrected chi connectivity index (χ4v) is 9.03. The Bertz CT molecular complexity index is 3220. The van der Waals surface area contributed by atoms with E-state index in [9.17, 15) is 0 Å². The second kappa shape index (κ2) is 13.3. The van der Waals surface area contributed by atoms with Gasteiger partial charge in [0.1, 0.15) is 11.2 Å². The zero-order valence-corrected chi connectivity index (χ0v) is 30.9. The predicted octanol–water partition coefficient (Wildman–Crippen LogP) is 14.1. The number of aromatic nitrogens is 3. The Hall–Kier alpha value is -7.21. The van der Waals surface area contributed by atoms with Crippen LogP contribution in [0.4, 0.5) is 0 Å². The van der Waals surface area contributed by atoms with Crippen LogP contribution < -0.4 is 0 Å². The standard InChI is InChI=1S/C51H31N3OS/c1-3-11-32(12-4-1)33-23-27-37(28-24-33)50-52-49(36-13-5-2-6-14-36)53-51(54-50)42-18-10-19-45-47(42)43-31-38(29-30-44(43)55-45)34-21-25-35(26-22-34)39-16-9-17-41-40-15-7-8-20-46(40)56-48(39)41/h1-31H. The second-order valence-electron chi connectivity index (χ2n) is 14.0. The maximum atomic E-state index is 6.46. The SMILES string of the molecule is c1ccc(-c2ccc(-c3nc(-c4ccccc4)nc(-c4cccc5oc6ccc(-c7ccc(-c8cccc9c8sc8ccccc89)cc7)cc6c45)n3)cc2)cc1. The van der Waals surface area contributed by atoms with Crippen molar-refractivity contribution < 1.29 is 4.42 Å². The number of nitrogens with zero attached hydrogens (tertiary/aromatic N) is 3. The van der Waals surface area contributed by atoms with Crippen LogP contribution in [-0.2, 0) is 0 Å². The van der Waals surface area contributed by atoms with E-state index in [4.69, 9.17) is 19.4 Å². The van der Waals surface area contributed by atoms with Crippen LogP contribution in [0.5, 0.6) is 0 Å². The largest absolute Gasteiger partial charge is 0.456 e. The van der Waals surface area contributed by atoms with Crippen LogP contribution in [0.1, 0.15) is 0 Å². The molecule has 262 valence electrons. The Morgan fingerprint density at radius 3 is 1.64 bits per heavy atom. The summed E-state index contributed by atoms with van der Waals surface area (Å²) >= 11 is 1.86. The van der Waals surface area contributed by atoms with Crippen molar-refractivity contribution in [3.8, 4) is 67.5 Å². The van der Waals surface area contributed by atoms with E-state index < -0.39 is 0 Å². The van der Waals surface area contributed by atoms with E-state index in [0.717, 1.165) is 55.3 Å². The molecule has 5 heteroatoms. The first-order chi connectivity index (χ1) is 27.7. The molecule has 0 aliphatic heterocycles. The number of thiophene rings is 1. The lowest BCUT2D eigenvalue weighted by molar-refractivity contribution is 0.669. The number of hydrogen-bond donors (Lipinski definition) is 0. The minimum absolute atomic E-state index is 0.597. The van der Waals surface area contributed by atoms with Gasteiger partial charge < -0.3 is 4.42 Å². The minimum atomic E-state index is 0.597. The summed E-state index contributed by atoms with van der Waals surface area (Å²) in [6.07, 6.45) is 0. The topological polar surface area (TPSA) is 51.8 Å². The van der Waals surface area contributed by atoms with Crippen molar-refractivity contribution in [3.05, 3.63) is 188 Å². The van der Waals surface area contributed by atoms with E-state index in [1.165, 1.54) is 36.9 Å². The zero-order chi connectivity index (χ0) is 37.0. The van der Waals surface area contributed by atoms with Gasteiger partial charge >= 0.3 is 0 Å². The van der Waals surface area contributed by atoms with E-state index >= 15 is 0 Å². The molecule has 0 aliphatic carbocycles. The molecule has 8 aromatic carbocycles. The van der Waals surface area contributed by atoms with Crippen molar-refractivity contribution in [2.45, 2.75) is 0 Å². The summed E-state index contributed by atoms with van der Waals surface area (Å²) < 4.78 is 9.10. The lowest BCUT2D eigenvalue weighted by atomic mass is 9.97. The van der Waals surface area contributed by atoms with Gasteiger partial charge in [-0.05, 0) is 57.6 Å². The first-order valence-corrected chi connectivity index (χ1v) is 19.5. The van der Waals surface area contributed by atoms with E-state index in [1.54, 1.807) is 0 Å². The van der Waals surface area contributed by atoms with Crippen molar-refractivity contribution >= 4 is 53.4 Å². The van der Waals surface area contributed by atoms with Gasteiger partial charge in [-0.15, -0.1) is 11.3 Å². The molecule has 0 spiro atoms. The summed E-state index contributed by atoms with van der Waals surface area (Å²) in [4.78, 5) is 15.2. The molecular weight excluding hydrogens is 703 g/mol. The van der Waals surface area contributed by atoms with Crippen molar-refractivity contribution in [1.82, 2.24) is 15.0 Å². The number of hydrogen-bond acceptors (Lipinski definition) is 5. The van der Waals surface area contributed by atoms with E-state index in [-0.39, 0.29) is 0 Å². The predicted molar refractivity (Wildman–Crippen MR) is 233 cm³/mol. The molecule has 56 heavy (non-hydrogen) atoms. The van der Waals surface area contributed by atoms with Crippen molar-refractivity contribution in [1.29, 1.82) is 0 Å². The molecule has 0 unspecified atom stereocenters. The normalized spacial score (nSPS) is 11.6. The van der Waals surface area contributed by atoms with Crippen LogP contribution in [0, 0.1) is 0 Å². The van der Waals surface area contributed by atoms with Gasteiger partial charge in [0, 0.05) is 47.6 Å². The maximum Gasteiger partial charge on any atom is 0.164 e. The first-order valence-electron chi connectivity index (χ1n) is 18.7. The monoisotopic (exact) mass is 733 g/mol. The summed E-state index contributed by atoms with van der Waals surface area (Å²) in [7, 11) is 0. The molecule has 0 saturated heterocycles. The smallest absolute Gasteiger partial charge is 0.164 e. The quantitative estimate of drug-likeness (QED) is 0.171. The number of rotatable bonds is 6. The van der Waals surface area contributed by atoms with Crippen LogP contribution >= 0.6 is 11.3 Å². The van der Waals surface area contributed by atoms with Gasteiger partial charge in [0.25, 0.3) is 0 Å².